The summed E-state index contributed by atoms with van der Waals surface area (Å²) < 4.78 is 5.00. The van der Waals surface area contributed by atoms with Gasteiger partial charge in [-0.2, -0.15) is 0 Å². The maximum atomic E-state index is 11.2. The van der Waals surface area contributed by atoms with E-state index in [1.54, 1.807) is 18.2 Å². The first-order valence-electron chi connectivity index (χ1n) is 6.75. The Morgan fingerprint density at radius 2 is 1.96 bits per heavy atom. The van der Waals surface area contributed by atoms with E-state index in [9.17, 15) is 15.0 Å². The number of ether oxygens (including phenoxy) is 1. The van der Waals surface area contributed by atoms with Gasteiger partial charge in [-0.15, -0.1) is 0 Å². The van der Waals surface area contributed by atoms with Gasteiger partial charge in [0.15, 0.2) is 11.5 Å². The van der Waals surface area contributed by atoms with Crippen molar-refractivity contribution >= 4 is 12.2 Å². The number of benzene rings is 2. The second-order valence-electron chi connectivity index (χ2n) is 4.70. The van der Waals surface area contributed by atoms with Gasteiger partial charge in [-0.25, -0.2) is 0 Å². The van der Waals surface area contributed by atoms with E-state index in [2.05, 4.69) is 4.99 Å². The zero-order chi connectivity index (χ0) is 15.9. The average Bonchev–Trinajstić information content (AvgIpc) is 2.53. The third-order valence-corrected chi connectivity index (χ3v) is 3.19. The van der Waals surface area contributed by atoms with Crippen LogP contribution >= 0.6 is 0 Å². The van der Waals surface area contributed by atoms with Crippen LogP contribution in [0.25, 0.3) is 0 Å². The summed E-state index contributed by atoms with van der Waals surface area (Å²) in [6.07, 6.45) is 1.55. The predicted molar refractivity (Wildman–Crippen MR) is 81.2 cm³/mol. The van der Waals surface area contributed by atoms with Gasteiger partial charge in [0.05, 0.1) is 19.1 Å². The molecule has 0 aliphatic rings. The number of para-hydroxylation sites is 1. The summed E-state index contributed by atoms with van der Waals surface area (Å²) >= 11 is 0. The number of hydrogen-bond acceptors (Lipinski definition) is 5. The second kappa shape index (κ2) is 9.84. The molecule has 1 atom stereocenters. The van der Waals surface area contributed by atoms with Crippen LogP contribution < -0.4 is 61.2 Å². The maximum Gasteiger partial charge on any atom is 1.00 e. The van der Waals surface area contributed by atoms with Crippen LogP contribution in [0, 0.1) is 0 Å². The molecule has 114 valence electrons. The quantitative estimate of drug-likeness (QED) is 0.497. The minimum atomic E-state index is -1.26. The van der Waals surface area contributed by atoms with Crippen molar-refractivity contribution in [2.24, 2.45) is 4.99 Å². The number of aromatic hydroxyl groups is 1. The Morgan fingerprint density at radius 1 is 1.26 bits per heavy atom. The largest absolute Gasteiger partial charge is 1.00 e. The molecular formula is C17H16KNO4. The van der Waals surface area contributed by atoms with E-state index in [0.29, 0.717) is 11.3 Å². The number of carboxylic acid groups (broad SMARTS) is 1. The molecule has 0 aliphatic heterocycles. The fraction of sp³-hybridized carbons (Fsp3) is 0.176. The van der Waals surface area contributed by atoms with Gasteiger partial charge in [0.2, 0.25) is 0 Å². The molecule has 2 aromatic rings. The summed E-state index contributed by atoms with van der Waals surface area (Å²) in [6.45, 7) is 0. The third kappa shape index (κ3) is 5.75. The number of phenols is 1. The van der Waals surface area contributed by atoms with Gasteiger partial charge in [0.1, 0.15) is 0 Å². The first-order valence-corrected chi connectivity index (χ1v) is 6.75. The second-order valence-corrected chi connectivity index (χ2v) is 4.70. The minimum Gasteiger partial charge on any atom is -0.548 e. The Bertz CT molecular complexity index is 674. The minimum absolute atomic E-state index is 0. The van der Waals surface area contributed by atoms with E-state index in [1.807, 2.05) is 30.3 Å². The van der Waals surface area contributed by atoms with Crippen LogP contribution in [-0.2, 0) is 11.2 Å². The van der Waals surface area contributed by atoms with Crippen molar-refractivity contribution in [1.29, 1.82) is 0 Å². The van der Waals surface area contributed by atoms with E-state index in [0.717, 1.165) is 5.56 Å². The molecule has 0 aliphatic carbocycles. The summed E-state index contributed by atoms with van der Waals surface area (Å²) in [5.41, 5.74) is 1.24. The molecule has 2 aromatic carbocycles. The van der Waals surface area contributed by atoms with Gasteiger partial charge in [-0.05, 0) is 17.7 Å². The van der Waals surface area contributed by atoms with Crippen molar-refractivity contribution in [1.82, 2.24) is 0 Å². The summed E-state index contributed by atoms with van der Waals surface area (Å²) in [5, 5.41) is 21.2. The number of rotatable bonds is 6. The molecule has 0 aromatic heterocycles. The Labute approximate surface area is 177 Å². The van der Waals surface area contributed by atoms with Crippen molar-refractivity contribution < 1.29 is 71.1 Å². The third-order valence-electron chi connectivity index (χ3n) is 3.19. The summed E-state index contributed by atoms with van der Waals surface area (Å²) in [6, 6.07) is 13.1. The van der Waals surface area contributed by atoms with Gasteiger partial charge >= 0.3 is 51.4 Å². The fourth-order valence-electron chi connectivity index (χ4n) is 2.01. The van der Waals surface area contributed by atoms with Crippen molar-refractivity contribution in [3.05, 3.63) is 59.7 Å². The van der Waals surface area contributed by atoms with Crippen LogP contribution in [0.4, 0.5) is 0 Å². The number of aliphatic imine (C=N–C) groups is 1. The molecule has 0 spiro atoms. The van der Waals surface area contributed by atoms with Gasteiger partial charge in [-0.1, -0.05) is 36.4 Å². The predicted octanol–water partition coefficient (Wildman–Crippen LogP) is -1.82. The number of phenolic OH excluding ortho intramolecular Hbond substituents is 1. The molecular weight excluding hydrogens is 321 g/mol. The monoisotopic (exact) mass is 337 g/mol. The number of nitrogens with zero attached hydrogens (tertiary/aromatic N) is 1. The molecule has 0 bridgehead atoms. The Hall–Kier alpha value is -1.18. The van der Waals surface area contributed by atoms with Crippen molar-refractivity contribution in [2.75, 3.05) is 7.11 Å². The standard InChI is InChI=1S/C17H17NO4.K/c1-22-15-9-5-8-13(16(15)19)11-18-14(17(20)21)10-12-6-3-2-4-7-12;/h2-9,11,14,19H,10H2,1H3,(H,20,21);/q;+1/p-1. The molecule has 0 saturated heterocycles. The van der Waals surface area contributed by atoms with E-state index in [-0.39, 0.29) is 63.6 Å². The van der Waals surface area contributed by atoms with Gasteiger partial charge in [-0.3, -0.25) is 4.99 Å². The Morgan fingerprint density at radius 3 is 2.57 bits per heavy atom. The molecule has 1 N–H and O–H groups in total. The normalized spacial score (nSPS) is 11.7. The number of carboxylic acids is 1. The van der Waals surface area contributed by atoms with Crippen LogP contribution in [-0.4, -0.2) is 30.4 Å². The fourth-order valence-corrected chi connectivity index (χ4v) is 2.01. The van der Waals surface area contributed by atoms with Crippen LogP contribution in [0.1, 0.15) is 11.1 Å². The summed E-state index contributed by atoms with van der Waals surface area (Å²) in [4.78, 5) is 15.2. The molecule has 23 heavy (non-hydrogen) atoms. The van der Waals surface area contributed by atoms with Gasteiger partial charge in [0.25, 0.3) is 0 Å². The van der Waals surface area contributed by atoms with Crippen molar-refractivity contribution in [3.63, 3.8) is 0 Å². The maximum absolute atomic E-state index is 11.2. The van der Waals surface area contributed by atoms with Crippen LogP contribution in [0.5, 0.6) is 11.5 Å². The van der Waals surface area contributed by atoms with Crippen LogP contribution in [0.3, 0.4) is 0 Å². The summed E-state index contributed by atoms with van der Waals surface area (Å²) in [5.74, 6) is -1.04. The molecule has 5 nitrogen and oxygen atoms in total. The molecule has 6 heteroatoms. The average molecular weight is 337 g/mol. The smallest absolute Gasteiger partial charge is 0.548 e. The van der Waals surface area contributed by atoms with Gasteiger partial charge in [0, 0.05) is 18.2 Å². The van der Waals surface area contributed by atoms with E-state index >= 15 is 0 Å². The van der Waals surface area contributed by atoms with E-state index in [1.165, 1.54) is 13.3 Å². The molecule has 0 heterocycles. The number of methoxy groups -OCH3 is 1. The topological polar surface area (TPSA) is 82.0 Å². The Balaban J connectivity index is 0.00000264. The molecule has 2 rings (SSSR count). The van der Waals surface area contributed by atoms with Gasteiger partial charge < -0.3 is 19.7 Å². The number of carbonyl (C=O) groups excluding carboxylic acids is 1. The van der Waals surface area contributed by atoms with Crippen LogP contribution in [0.2, 0.25) is 0 Å². The molecule has 0 saturated carbocycles. The number of aliphatic carboxylic acids is 1. The number of carbonyl (C=O) groups is 1. The summed E-state index contributed by atoms with van der Waals surface area (Å²) in [7, 11) is 1.44. The first kappa shape index (κ1) is 19.9. The van der Waals surface area contributed by atoms with Crippen LogP contribution in [0.15, 0.2) is 53.5 Å². The Kier molecular flexibility index (Phi) is 8.50. The zero-order valence-electron chi connectivity index (χ0n) is 13.1. The molecule has 1 unspecified atom stereocenters. The number of hydrogen-bond donors (Lipinski definition) is 1. The van der Waals surface area contributed by atoms with E-state index in [4.69, 9.17) is 4.74 Å². The van der Waals surface area contributed by atoms with Crippen molar-refractivity contribution in [3.8, 4) is 11.5 Å². The van der Waals surface area contributed by atoms with Crippen molar-refractivity contribution in [2.45, 2.75) is 12.5 Å². The van der Waals surface area contributed by atoms with E-state index < -0.39 is 12.0 Å². The first-order chi connectivity index (χ1) is 10.6. The SMILES string of the molecule is COc1cccc(C=NC(Cc2ccccc2)C(=O)[O-])c1O.[K+]. The molecule has 0 fully saturated rings. The zero-order valence-corrected chi connectivity index (χ0v) is 16.2. The molecule has 0 radical (unpaired) electrons. The molecule has 0 amide bonds.